The Morgan fingerprint density at radius 1 is 1.04 bits per heavy atom. The number of nitrogens with zero attached hydrogens (tertiary/aromatic N) is 3. The second-order valence-electron chi connectivity index (χ2n) is 12.2. The molecule has 234 valence electrons. The molecule has 4 heterocycles. The van der Waals surface area contributed by atoms with Crippen LogP contribution in [0.15, 0.2) is 64.3 Å². The first-order valence-electron chi connectivity index (χ1n) is 15.6. The van der Waals surface area contributed by atoms with E-state index in [1.165, 1.54) is 23.5 Å². The van der Waals surface area contributed by atoms with Crippen molar-refractivity contribution < 1.29 is 13.6 Å². The van der Waals surface area contributed by atoms with Crippen LogP contribution in [0, 0.1) is 0 Å². The van der Waals surface area contributed by atoms with Crippen LogP contribution in [-0.4, -0.2) is 45.5 Å². The standard InChI is InChI=1S/C36H38F2N4O2S/c1-5-22-8-7-9-23(6-2)32(22)42-31(16-21(3)4)28(35(43)41-18-26-14-15-27(19-41)39-26)17-29(36(42)44)34-40-30(20-45-34)24-10-12-25(13-11-24)33(37)38/h7-13,16-17,20,26-27,33,39H,5-6,14-15,18-19H2,1-4H3. The molecular formula is C36H38F2N4O2S. The summed E-state index contributed by atoms with van der Waals surface area (Å²) in [7, 11) is 0. The molecule has 0 spiro atoms. The zero-order chi connectivity index (χ0) is 31.8. The van der Waals surface area contributed by atoms with E-state index >= 15 is 0 Å². The van der Waals surface area contributed by atoms with Gasteiger partial charge in [-0.3, -0.25) is 14.2 Å². The van der Waals surface area contributed by atoms with Crippen molar-refractivity contribution in [3.63, 3.8) is 0 Å². The minimum Gasteiger partial charge on any atom is -0.335 e. The predicted molar refractivity (Wildman–Crippen MR) is 177 cm³/mol. The third kappa shape index (κ3) is 6.03. The summed E-state index contributed by atoms with van der Waals surface area (Å²) in [6, 6.07) is 14.4. The average Bonchev–Trinajstić information content (AvgIpc) is 3.66. The fraction of sp³-hybridized carbons (Fsp3) is 0.361. The van der Waals surface area contributed by atoms with Crippen LogP contribution in [0.25, 0.3) is 33.6 Å². The molecule has 2 aromatic heterocycles. The first kappa shape index (κ1) is 31.0. The van der Waals surface area contributed by atoms with E-state index in [-0.39, 0.29) is 29.1 Å². The van der Waals surface area contributed by atoms with Crippen LogP contribution in [0.2, 0.25) is 0 Å². The largest absolute Gasteiger partial charge is 0.335 e. The van der Waals surface area contributed by atoms with Gasteiger partial charge in [-0.05, 0) is 62.8 Å². The zero-order valence-corrected chi connectivity index (χ0v) is 26.9. The second-order valence-corrected chi connectivity index (χ2v) is 13.0. The maximum atomic E-state index is 14.7. The number of rotatable bonds is 8. The van der Waals surface area contributed by atoms with Gasteiger partial charge in [-0.1, -0.05) is 61.9 Å². The van der Waals surface area contributed by atoms with E-state index in [1.54, 1.807) is 22.8 Å². The minimum atomic E-state index is -2.55. The van der Waals surface area contributed by atoms with Gasteiger partial charge in [0.05, 0.1) is 28.2 Å². The molecule has 1 amide bonds. The summed E-state index contributed by atoms with van der Waals surface area (Å²) in [5.74, 6) is -0.0951. The molecule has 2 fully saturated rings. The smallest absolute Gasteiger partial charge is 0.265 e. The predicted octanol–water partition coefficient (Wildman–Crippen LogP) is 7.69. The Morgan fingerprint density at radius 2 is 1.69 bits per heavy atom. The molecule has 4 aromatic rings. The highest BCUT2D eigenvalue weighted by Crippen LogP contribution is 2.33. The van der Waals surface area contributed by atoms with Crippen LogP contribution in [0.4, 0.5) is 8.78 Å². The molecule has 6 rings (SSSR count). The van der Waals surface area contributed by atoms with Crippen LogP contribution in [0.3, 0.4) is 0 Å². The minimum absolute atomic E-state index is 0.0576. The number of piperazine rings is 1. The number of hydrogen-bond acceptors (Lipinski definition) is 5. The number of nitrogens with one attached hydrogen (secondary N) is 1. The summed E-state index contributed by atoms with van der Waals surface area (Å²) in [5, 5.41) is 5.91. The molecule has 2 bridgehead atoms. The Kier molecular flexibility index (Phi) is 8.84. The molecule has 0 radical (unpaired) electrons. The summed E-state index contributed by atoms with van der Waals surface area (Å²) >= 11 is 1.31. The van der Waals surface area contributed by atoms with Crippen molar-refractivity contribution in [2.75, 3.05) is 13.1 Å². The first-order valence-corrected chi connectivity index (χ1v) is 16.5. The maximum Gasteiger partial charge on any atom is 0.265 e. The maximum absolute atomic E-state index is 14.7. The van der Waals surface area contributed by atoms with E-state index < -0.39 is 6.43 Å². The summed E-state index contributed by atoms with van der Waals surface area (Å²) < 4.78 is 28.1. The molecular weight excluding hydrogens is 590 g/mol. The van der Waals surface area contributed by atoms with E-state index in [4.69, 9.17) is 4.98 Å². The number of carbonyl (C=O) groups is 1. The van der Waals surface area contributed by atoms with Gasteiger partial charge in [-0.25, -0.2) is 13.8 Å². The number of likely N-dealkylation sites (tertiary alicyclic amines) is 1. The Hall–Kier alpha value is -3.95. The van der Waals surface area contributed by atoms with Gasteiger partial charge < -0.3 is 10.2 Å². The molecule has 0 aliphatic carbocycles. The number of benzene rings is 2. The summed E-state index contributed by atoms with van der Waals surface area (Å²) in [4.78, 5) is 36.0. The van der Waals surface area contributed by atoms with Crippen LogP contribution < -0.4 is 10.9 Å². The molecule has 2 aliphatic rings. The van der Waals surface area contributed by atoms with E-state index in [1.807, 2.05) is 48.4 Å². The fourth-order valence-electron chi connectivity index (χ4n) is 6.56. The number of pyridine rings is 1. The van der Waals surface area contributed by atoms with Crippen molar-refractivity contribution in [3.8, 4) is 27.5 Å². The molecule has 0 saturated carbocycles. The number of thiazole rings is 1. The molecule has 6 nitrogen and oxygen atoms in total. The van der Waals surface area contributed by atoms with Crippen molar-refractivity contribution in [1.82, 2.24) is 19.8 Å². The topological polar surface area (TPSA) is 67.2 Å². The highest BCUT2D eigenvalue weighted by atomic mass is 32.1. The van der Waals surface area contributed by atoms with E-state index in [9.17, 15) is 18.4 Å². The average molecular weight is 629 g/mol. The highest BCUT2D eigenvalue weighted by Gasteiger charge is 2.36. The Balaban J connectivity index is 1.58. The number of fused-ring (bicyclic) bond motifs is 2. The lowest BCUT2D eigenvalue weighted by atomic mass is 9.99. The van der Waals surface area contributed by atoms with Gasteiger partial charge in [0.2, 0.25) is 0 Å². The Morgan fingerprint density at radius 3 is 2.27 bits per heavy atom. The number of para-hydroxylation sites is 1. The van der Waals surface area contributed by atoms with Crippen molar-refractivity contribution >= 4 is 23.3 Å². The Labute approximate surface area is 266 Å². The monoisotopic (exact) mass is 628 g/mol. The van der Waals surface area contributed by atoms with Crippen LogP contribution in [0.5, 0.6) is 0 Å². The number of aryl methyl sites for hydroxylation is 2. The molecule has 1 N–H and O–H groups in total. The zero-order valence-electron chi connectivity index (χ0n) is 26.1. The third-order valence-electron chi connectivity index (χ3n) is 8.78. The van der Waals surface area contributed by atoms with E-state index in [2.05, 4.69) is 19.2 Å². The van der Waals surface area contributed by atoms with Crippen molar-refractivity contribution in [1.29, 1.82) is 0 Å². The molecule has 9 heteroatoms. The van der Waals surface area contributed by atoms with Gasteiger partial charge in [-0.2, -0.15) is 0 Å². The van der Waals surface area contributed by atoms with E-state index in [0.717, 1.165) is 35.2 Å². The number of allylic oxidation sites excluding steroid dienone is 1. The SMILES string of the molecule is CCc1cccc(CC)c1-n1c(C=C(C)C)c(C(=O)N2CC3CCC(C2)N3)cc(-c2nc(-c3ccc(C(F)F)cc3)cs2)c1=O. The number of alkyl halides is 2. The van der Waals surface area contributed by atoms with Crippen molar-refractivity contribution in [2.45, 2.75) is 71.9 Å². The first-order chi connectivity index (χ1) is 21.7. The number of carbonyl (C=O) groups excluding carboxylic acids is 1. The highest BCUT2D eigenvalue weighted by molar-refractivity contribution is 7.13. The summed E-state index contributed by atoms with van der Waals surface area (Å²) in [6.07, 6.45) is 2.92. The number of aromatic nitrogens is 2. The van der Waals surface area contributed by atoms with Gasteiger partial charge in [-0.15, -0.1) is 11.3 Å². The van der Waals surface area contributed by atoms with Crippen molar-refractivity contribution in [2.24, 2.45) is 0 Å². The summed E-state index contributed by atoms with van der Waals surface area (Å²) in [6.45, 7) is 9.34. The van der Waals surface area contributed by atoms with Gasteiger partial charge in [0, 0.05) is 41.7 Å². The number of hydrogen-bond donors (Lipinski definition) is 1. The fourth-order valence-corrected chi connectivity index (χ4v) is 7.39. The molecule has 2 aliphatic heterocycles. The van der Waals surface area contributed by atoms with Crippen LogP contribution in [0.1, 0.15) is 79.7 Å². The van der Waals surface area contributed by atoms with Gasteiger partial charge >= 0.3 is 0 Å². The Bertz CT molecular complexity index is 1790. The molecule has 2 unspecified atom stereocenters. The van der Waals surface area contributed by atoms with Crippen LogP contribution in [-0.2, 0) is 12.8 Å². The number of halogens is 2. The quantitative estimate of drug-likeness (QED) is 0.217. The van der Waals surface area contributed by atoms with Gasteiger partial charge in [0.25, 0.3) is 17.9 Å². The van der Waals surface area contributed by atoms with Gasteiger partial charge in [0.15, 0.2) is 0 Å². The van der Waals surface area contributed by atoms with Crippen molar-refractivity contribution in [3.05, 3.63) is 97.8 Å². The third-order valence-corrected chi connectivity index (χ3v) is 9.66. The normalized spacial score (nSPS) is 17.6. The molecule has 2 atom stereocenters. The molecule has 2 aromatic carbocycles. The second kappa shape index (κ2) is 12.8. The molecule has 2 saturated heterocycles. The lowest BCUT2D eigenvalue weighted by Gasteiger charge is -2.33. The van der Waals surface area contributed by atoms with Crippen LogP contribution >= 0.6 is 11.3 Å². The number of amides is 1. The lowest BCUT2D eigenvalue weighted by Crippen LogP contribution is -2.53. The molecule has 45 heavy (non-hydrogen) atoms. The summed E-state index contributed by atoms with van der Waals surface area (Å²) in [5.41, 5.74) is 6.19. The lowest BCUT2D eigenvalue weighted by molar-refractivity contribution is 0.0696. The van der Waals surface area contributed by atoms with Gasteiger partial charge in [0.1, 0.15) is 5.01 Å². The van der Waals surface area contributed by atoms with E-state index in [0.29, 0.717) is 59.0 Å².